The van der Waals surface area contributed by atoms with Crippen molar-refractivity contribution in [3.8, 4) is 0 Å². The first-order valence-corrected chi connectivity index (χ1v) is 5.91. The molecule has 1 rings (SSSR count). The van der Waals surface area contributed by atoms with Crippen LogP contribution in [0.2, 0.25) is 0 Å². The molecule has 0 aromatic carbocycles. The summed E-state index contributed by atoms with van der Waals surface area (Å²) < 4.78 is 0. The molecule has 1 aliphatic rings. The van der Waals surface area contributed by atoms with Crippen LogP contribution in [0.25, 0.3) is 0 Å². The molecule has 2 nitrogen and oxygen atoms in total. The zero-order chi connectivity index (χ0) is 10.4. The predicted molar refractivity (Wildman–Crippen MR) is 59.3 cm³/mol. The van der Waals surface area contributed by atoms with Gasteiger partial charge < -0.3 is 5.32 Å². The van der Waals surface area contributed by atoms with E-state index in [2.05, 4.69) is 5.32 Å². The number of Topliss-reactive ketones (excluding diaryl/α,β-unsaturated/α-hetero) is 1. The molecule has 14 heavy (non-hydrogen) atoms. The quantitative estimate of drug-likeness (QED) is 0.733. The number of ketones is 1. The summed E-state index contributed by atoms with van der Waals surface area (Å²) in [5.41, 5.74) is 0. The molecule has 0 saturated heterocycles. The fourth-order valence-corrected chi connectivity index (χ4v) is 2.43. The van der Waals surface area contributed by atoms with Gasteiger partial charge in [0.25, 0.3) is 0 Å². The van der Waals surface area contributed by atoms with E-state index in [1.54, 1.807) is 6.92 Å². The number of hydrogen-bond acceptors (Lipinski definition) is 2. The average molecular weight is 197 g/mol. The molecule has 0 amide bonds. The first-order chi connectivity index (χ1) is 6.74. The largest absolute Gasteiger partial charge is 0.311 e. The molecule has 2 heteroatoms. The van der Waals surface area contributed by atoms with E-state index in [9.17, 15) is 4.79 Å². The lowest BCUT2D eigenvalue weighted by Crippen LogP contribution is -2.32. The van der Waals surface area contributed by atoms with Gasteiger partial charge in [-0.1, -0.05) is 32.1 Å². The smallest absolute Gasteiger partial charge is 0.146 e. The highest BCUT2D eigenvalue weighted by Crippen LogP contribution is 2.27. The summed E-state index contributed by atoms with van der Waals surface area (Å²) in [5, 5.41) is 3.09. The van der Waals surface area contributed by atoms with Gasteiger partial charge in [-0.15, -0.1) is 0 Å². The van der Waals surface area contributed by atoms with Gasteiger partial charge in [0.1, 0.15) is 5.78 Å². The van der Waals surface area contributed by atoms with Crippen LogP contribution in [0.15, 0.2) is 0 Å². The summed E-state index contributed by atoms with van der Waals surface area (Å²) in [4.78, 5) is 11.2. The minimum atomic E-state index is 0.0944. The number of carbonyl (C=O) groups excluding carboxylic acids is 1. The zero-order valence-electron chi connectivity index (χ0n) is 9.51. The summed E-state index contributed by atoms with van der Waals surface area (Å²) in [7, 11) is 1.88. The lowest BCUT2D eigenvalue weighted by Gasteiger charge is -2.23. The second-order valence-corrected chi connectivity index (χ2v) is 4.53. The Bertz CT molecular complexity index is 173. The minimum absolute atomic E-state index is 0.0944. The normalized spacial score (nSPS) is 20.7. The highest BCUT2D eigenvalue weighted by molar-refractivity contribution is 5.81. The monoisotopic (exact) mass is 197 g/mol. The summed E-state index contributed by atoms with van der Waals surface area (Å²) in [6.07, 6.45) is 9.23. The van der Waals surface area contributed by atoms with Gasteiger partial charge in [0.15, 0.2) is 0 Å². The van der Waals surface area contributed by atoms with Crippen LogP contribution in [-0.2, 0) is 4.79 Å². The number of carbonyl (C=O) groups is 1. The lowest BCUT2D eigenvalue weighted by atomic mass is 9.85. The summed E-state index contributed by atoms with van der Waals surface area (Å²) in [5.74, 6) is 1.17. The molecule has 0 aromatic rings. The Morgan fingerprint density at radius 1 is 1.36 bits per heavy atom. The molecule has 1 N–H and O–H groups in total. The molecule has 0 bridgehead atoms. The van der Waals surface area contributed by atoms with Gasteiger partial charge in [-0.3, -0.25) is 4.79 Å². The van der Waals surface area contributed by atoms with Crippen LogP contribution in [0.5, 0.6) is 0 Å². The number of likely N-dealkylation sites (N-methyl/N-ethyl adjacent to an activating group) is 1. The maximum absolute atomic E-state index is 11.2. The fourth-order valence-electron chi connectivity index (χ4n) is 2.43. The van der Waals surface area contributed by atoms with Gasteiger partial charge in [-0.25, -0.2) is 0 Å². The van der Waals surface area contributed by atoms with E-state index in [0.29, 0.717) is 0 Å². The average Bonchev–Trinajstić information content (AvgIpc) is 2.20. The molecule has 82 valence electrons. The number of nitrogens with one attached hydrogen (secondary N) is 1. The highest BCUT2D eigenvalue weighted by atomic mass is 16.1. The lowest BCUT2D eigenvalue weighted by molar-refractivity contribution is -0.119. The van der Waals surface area contributed by atoms with Crippen molar-refractivity contribution < 1.29 is 4.79 Å². The third-order valence-corrected chi connectivity index (χ3v) is 3.43. The Balaban J connectivity index is 2.20. The number of rotatable bonds is 5. The van der Waals surface area contributed by atoms with E-state index in [1.807, 2.05) is 7.05 Å². The molecule has 1 aliphatic carbocycles. The SMILES string of the molecule is CNC(CCC1CCCCC1)C(C)=O. The van der Waals surface area contributed by atoms with Crippen molar-refractivity contribution in [1.29, 1.82) is 0 Å². The Hall–Kier alpha value is -0.370. The van der Waals surface area contributed by atoms with Gasteiger partial charge in [-0.05, 0) is 32.7 Å². The maximum atomic E-state index is 11.2. The Morgan fingerprint density at radius 3 is 2.50 bits per heavy atom. The van der Waals surface area contributed by atoms with E-state index in [1.165, 1.54) is 38.5 Å². The van der Waals surface area contributed by atoms with Crippen LogP contribution < -0.4 is 5.32 Å². The third kappa shape index (κ3) is 3.79. The molecule has 0 aliphatic heterocycles. The van der Waals surface area contributed by atoms with Crippen LogP contribution >= 0.6 is 0 Å². The van der Waals surface area contributed by atoms with Gasteiger partial charge >= 0.3 is 0 Å². The van der Waals surface area contributed by atoms with E-state index in [4.69, 9.17) is 0 Å². The molecule has 0 spiro atoms. The third-order valence-electron chi connectivity index (χ3n) is 3.43. The summed E-state index contributed by atoms with van der Waals surface area (Å²) in [6.45, 7) is 1.68. The van der Waals surface area contributed by atoms with Crippen LogP contribution in [0.1, 0.15) is 51.9 Å². The molecule has 1 fully saturated rings. The van der Waals surface area contributed by atoms with E-state index < -0.39 is 0 Å². The first kappa shape index (κ1) is 11.7. The van der Waals surface area contributed by atoms with Crippen molar-refractivity contribution >= 4 is 5.78 Å². The van der Waals surface area contributed by atoms with E-state index in [0.717, 1.165) is 12.3 Å². The molecule has 0 heterocycles. The Morgan fingerprint density at radius 2 is 2.00 bits per heavy atom. The van der Waals surface area contributed by atoms with Crippen LogP contribution in [0.4, 0.5) is 0 Å². The maximum Gasteiger partial charge on any atom is 0.146 e. The van der Waals surface area contributed by atoms with Crippen molar-refractivity contribution in [3.63, 3.8) is 0 Å². The Labute approximate surface area is 87.5 Å². The molecule has 1 unspecified atom stereocenters. The molecular weight excluding hydrogens is 174 g/mol. The second-order valence-electron chi connectivity index (χ2n) is 4.53. The van der Waals surface area contributed by atoms with Gasteiger partial charge in [0, 0.05) is 0 Å². The molecule has 0 aromatic heterocycles. The number of hydrogen-bond donors (Lipinski definition) is 1. The highest BCUT2D eigenvalue weighted by Gasteiger charge is 2.17. The molecular formula is C12H23NO. The van der Waals surface area contributed by atoms with Crippen molar-refractivity contribution in [2.24, 2.45) is 5.92 Å². The van der Waals surface area contributed by atoms with E-state index >= 15 is 0 Å². The summed E-state index contributed by atoms with van der Waals surface area (Å²) in [6, 6.07) is 0.0944. The molecule has 1 saturated carbocycles. The zero-order valence-corrected chi connectivity index (χ0v) is 9.51. The first-order valence-electron chi connectivity index (χ1n) is 5.91. The fraction of sp³-hybridized carbons (Fsp3) is 0.917. The van der Waals surface area contributed by atoms with E-state index in [-0.39, 0.29) is 11.8 Å². The van der Waals surface area contributed by atoms with Crippen molar-refractivity contribution in [3.05, 3.63) is 0 Å². The second kappa shape index (κ2) is 6.18. The van der Waals surface area contributed by atoms with Gasteiger partial charge in [0.2, 0.25) is 0 Å². The standard InChI is InChI=1S/C12H23NO/c1-10(14)12(13-2)9-8-11-6-4-3-5-7-11/h11-13H,3-9H2,1-2H3. The van der Waals surface area contributed by atoms with Gasteiger partial charge in [0.05, 0.1) is 6.04 Å². The van der Waals surface area contributed by atoms with Crippen molar-refractivity contribution in [1.82, 2.24) is 5.32 Å². The van der Waals surface area contributed by atoms with Crippen molar-refractivity contribution in [2.75, 3.05) is 7.05 Å². The van der Waals surface area contributed by atoms with Crippen molar-refractivity contribution in [2.45, 2.75) is 57.9 Å². The molecule has 1 atom stereocenters. The van der Waals surface area contributed by atoms with Crippen LogP contribution in [0, 0.1) is 5.92 Å². The van der Waals surface area contributed by atoms with Crippen LogP contribution in [0.3, 0.4) is 0 Å². The van der Waals surface area contributed by atoms with Gasteiger partial charge in [-0.2, -0.15) is 0 Å². The summed E-state index contributed by atoms with van der Waals surface area (Å²) >= 11 is 0. The Kier molecular flexibility index (Phi) is 5.16. The predicted octanol–water partition coefficient (Wildman–Crippen LogP) is 2.52. The molecule has 0 radical (unpaired) electrons. The van der Waals surface area contributed by atoms with Crippen LogP contribution in [-0.4, -0.2) is 18.9 Å². The minimum Gasteiger partial charge on any atom is -0.311 e. The topological polar surface area (TPSA) is 29.1 Å².